The Morgan fingerprint density at radius 1 is 1.38 bits per heavy atom. The minimum Gasteiger partial charge on any atom is -0.459 e. The lowest BCUT2D eigenvalue weighted by molar-refractivity contribution is -0.115. The van der Waals surface area contributed by atoms with E-state index in [9.17, 15) is 9.70 Å². The summed E-state index contributed by atoms with van der Waals surface area (Å²) < 4.78 is 5.83. The van der Waals surface area contributed by atoms with Crippen LogP contribution >= 0.6 is 11.8 Å². The Kier molecular flexibility index (Phi) is 11.1. The van der Waals surface area contributed by atoms with Crippen LogP contribution in [0.5, 0.6) is 0 Å². The maximum absolute atomic E-state index is 11.4. The van der Waals surface area contributed by atoms with E-state index in [1.165, 1.54) is 22.9 Å². The minimum absolute atomic E-state index is 0.0140. The molecule has 0 aromatic rings. The average Bonchev–Trinajstić information content (AvgIpc) is 2.72. The third-order valence-corrected chi connectivity index (χ3v) is 5.40. The predicted molar refractivity (Wildman–Crippen MR) is 121 cm³/mol. The largest absolute Gasteiger partial charge is 0.459 e. The zero-order valence-corrected chi connectivity index (χ0v) is 18.7. The number of nitrogens with zero attached hydrogens (tertiary/aromatic N) is 3. The fraction of sp³-hybridized carbons (Fsp3) is 0.524. The van der Waals surface area contributed by atoms with Gasteiger partial charge in [0.25, 0.3) is 5.91 Å². The number of carbonyl (C=O) groups excluding carboxylic acids is 1. The molecular formula is C21H32N4O3S. The maximum atomic E-state index is 11.4. The van der Waals surface area contributed by atoms with E-state index in [-0.39, 0.29) is 5.75 Å². The summed E-state index contributed by atoms with van der Waals surface area (Å²) in [6.45, 7) is 12.1. The summed E-state index contributed by atoms with van der Waals surface area (Å²) >= 11 is 1.28. The third kappa shape index (κ3) is 7.20. The molecule has 0 saturated carbocycles. The minimum atomic E-state index is -0.697. The van der Waals surface area contributed by atoms with Crippen LogP contribution in [-0.4, -0.2) is 28.3 Å². The van der Waals surface area contributed by atoms with Crippen molar-refractivity contribution in [3.8, 4) is 0 Å². The Morgan fingerprint density at radius 3 is 2.66 bits per heavy atom. The second-order valence-electron chi connectivity index (χ2n) is 6.52. The molecular weight excluding hydrogens is 388 g/mol. The van der Waals surface area contributed by atoms with Crippen molar-refractivity contribution >= 4 is 23.5 Å². The molecule has 0 aromatic carbocycles. The standard InChI is InChI=1S/C21H32N4O3S/c1-6-10-15(4)28-16(5)21(23-22)25(14-29-13-19(26)24-27)20-17(7-2)11-9-12-18(20)8-3/h10-11H,5-9,12-14,22H2,1-4H3/b15-10-,23-21-. The fourth-order valence-electron chi connectivity index (χ4n) is 3.23. The molecule has 29 heavy (non-hydrogen) atoms. The predicted octanol–water partition coefficient (Wildman–Crippen LogP) is 5.18. The molecule has 0 heterocycles. The number of nitroso groups, excluding NO2 is 1. The lowest BCUT2D eigenvalue weighted by Crippen LogP contribution is -2.35. The summed E-state index contributed by atoms with van der Waals surface area (Å²) in [5, 5.41) is 6.44. The van der Waals surface area contributed by atoms with E-state index in [0.29, 0.717) is 23.2 Å². The molecule has 160 valence electrons. The number of hydrogen-bond donors (Lipinski definition) is 1. The van der Waals surface area contributed by atoms with Crippen molar-refractivity contribution in [1.82, 2.24) is 4.90 Å². The molecule has 1 rings (SSSR count). The summed E-state index contributed by atoms with van der Waals surface area (Å²) in [5.74, 6) is 6.86. The zero-order chi connectivity index (χ0) is 21.8. The smallest absolute Gasteiger partial charge is 0.296 e. The van der Waals surface area contributed by atoms with Crippen molar-refractivity contribution < 1.29 is 9.53 Å². The molecule has 1 amide bonds. The molecule has 0 bridgehead atoms. The lowest BCUT2D eigenvalue weighted by Gasteiger charge is -2.33. The van der Waals surface area contributed by atoms with E-state index < -0.39 is 5.91 Å². The van der Waals surface area contributed by atoms with Gasteiger partial charge < -0.3 is 15.5 Å². The van der Waals surface area contributed by atoms with Crippen LogP contribution in [0.25, 0.3) is 0 Å². The number of thioether (sulfide) groups is 1. The first kappa shape index (κ1) is 24.7. The Balaban J connectivity index is 3.31. The quantitative estimate of drug-likeness (QED) is 0.0940. The van der Waals surface area contributed by atoms with Crippen molar-refractivity contribution in [2.75, 3.05) is 11.6 Å². The molecule has 0 aromatic heterocycles. The van der Waals surface area contributed by atoms with E-state index in [0.717, 1.165) is 37.8 Å². The summed E-state index contributed by atoms with van der Waals surface area (Å²) in [6.07, 6.45) is 8.70. The van der Waals surface area contributed by atoms with Crippen LogP contribution < -0.4 is 5.84 Å². The third-order valence-electron chi connectivity index (χ3n) is 4.50. The van der Waals surface area contributed by atoms with Crippen LogP contribution in [0.1, 0.15) is 59.8 Å². The number of amides is 1. The number of ether oxygens (including phenoxy) is 1. The van der Waals surface area contributed by atoms with E-state index in [2.05, 4.69) is 36.8 Å². The second-order valence-corrected chi connectivity index (χ2v) is 7.47. The first-order valence-electron chi connectivity index (χ1n) is 9.87. The highest BCUT2D eigenvalue weighted by atomic mass is 32.2. The summed E-state index contributed by atoms with van der Waals surface area (Å²) in [5.41, 5.74) is 3.54. The summed E-state index contributed by atoms with van der Waals surface area (Å²) in [6, 6.07) is 0. The zero-order valence-electron chi connectivity index (χ0n) is 17.9. The second kappa shape index (κ2) is 13.0. The highest BCUT2D eigenvalue weighted by Gasteiger charge is 2.26. The normalized spacial score (nSPS) is 15.1. The number of hydrogen-bond acceptors (Lipinski definition) is 6. The fourth-order valence-corrected chi connectivity index (χ4v) is 3.98. The molecule has 1 aliphatic rings. The summed E-state index contributed by atoms with van der Waals surface area (Å²) in [4.78, 5) is 23.7. The molecule has 0 unspecified atom stereocenters. The van der Waals surface area contributed by atoms with Crippen LogP contribution in [0.15, 0.2) is 57.4 Å². The molecule has 0 radical (unpaired) electrons. The molecule has 1 aliphatic carbocycles. The lowest BCUT2D eigenvalue weighted by atomic mass is 9.91. The SMILES string of the molecule is C=C(O/C(C)=C\CC)/C(=N/N)N(CSCC(=O)N=O)C1=C(CC)CCC=C1CC. The van der Waals surface area contributed by atoms with E-state index in [1.54, 1.807) is 0 Å². The van der Waals surface area contributed by atoms with Gasteiger partial charge in [0.1, 0.15) is 0 Å². The van der Waals surface area contributed by atoms with Gasteiger partial charge in [-0.15, -0.1) is 16.7 Å². The number of nitrogens with two attached hydrogens (primary N) is 1. The van der Waals surface area contributed by atoms with Crippen molar-refractivity contribution in [2.45, 2.75) is 59.8 Å². The van der Waals surface area contributed by atoms with E-state index >= 15 is 0 Å². The van der Waals surface area contributed by atoms with Gasteiger partial charge in [0.15, 0.2) is 11.6 Å². The van der Waals surface area contributed by atoms with Gasteiger partial charge in [0.05, 0.1) is 17.4 Å². The monoisotopic (exact) mass is 420 g/mol. The van der Waals surface area contributed by atoms with Gasteiger partial charge in [-0.1, -0.05) is 33.4 Å². The molecule has 0 atom stereocenters. The van der Waals surface area contributed by atoms with Gasteiger partial charge in [-0.05, 0) is 56.3 Å². The van der Waals surface area contributed by atoms with Crippen molar-refractivity contribution in [2.24, 2.45) is 16.1 Å². The number of rotatable bonds is 11. The number of amidine groups is 1. The molecule has 0 saturated heterocycles. The number of carbonyl (C=O) groups is 1. The van der Waals surface area contributed by atoms with Crippen LogP contribution in [-0.2, 0) is 9.53 Å². The first-order valence-corrected chi connectivity index (χ1v) is 11.0. The van der Waals surface area contributed by atoms with Crippen LogP contribution in [0.2, 0.25) is 0 Å². The molecule has 7 nitrogen and oxygen atoms in total. The Morgan fingerprint density at radius 2 is 2.10 bits per heavy atom. The summed E-state index contributed by atoms with van der Waals surface area (Å²) in [7, 11) is 0. The molecule has 0 fully saturated rings. The highest BCUT2D eigenvalue weighted by molar-refractivity contribution is 7.99. The van der Waals surface area contributed by atoms with Gasteiger partial charge in [-0.3, -0.25) is 4.79 Å². The first-order chi connectivity index (χ1) is 13.9. The molecule has 2 N–H and O–H groups in total. The van der Waals surface area contributed by atoms with Gasteiger partial charge in [0, 0.05) is 10.9 Å². The highest BCUT2D eigenvalue weighted by Crippen LogP contribution is 2.34. The van der Waals surface area contributed by atoms with E-state index in [1.807, 2.05) is 24.8 Å². The molecule has 0 aliphatic heterocycles. The maximum Gasteiger partial charge on any atom is 0.296 e. The topological polar surface area (TPSA) is 97.3 Å². The van der Waals surface area contributed by atoms with Crippen molar-refractivity contribution in [3.63, 3.8) is 0 Å². The van der Waals surface area contributed by atoms with Crippen LogP contribution in [0.3, 0.4) is 0 Å². The Bertz CT molecular complexity index is 738. The van der Waals surface area contributed by atoms with E-state index in [4.69, 9.17) is 10.6 Å². The van der Waals surface area contributed by atoms with Gasteiger partial charge >= 0.3 is 0 Å². The van der Waals surface area contributed by atoms with Crippen molar-refractivity contribution in [3.05, 3.63) is 52.0 Å². The Labute approximate surface area is 177 Å². The van der Waals surface area contributed by atoms with Crippen molar-refractivity contribution in [1.29, 1.82) is 0 Å². The average molecular weight is 421 g/mol. The van der Waals surface area contributed by atoms with Gasteiger partial charge in [-0.25, -0.2) is 0 Å². The van der Waals surface area contributed by atoms with Gasteiger partial charge in [-0.2, -0.15) is 5.10 Å². The van der Waals surface area contributed by atoms with Gasteiger partial charge in [0.2, 0.25) is 0 Å². The van der Waals surface area contributed by atoms with Crippen LogP contribution in [0, 0.1) is 4.91 Å². The van der Waals surface area contributed by atoms with Crippen LogP contribution in [0.4, 0.5) is 0 Å². The Hall–Kier alpha value is -2.35. The number of hydrazone groups is 1. The molecule has 0 spiro atoms. The number of allylic oxidation sites excluding steroid dienone is 5. The molecule has 8 heteroatoms.